The van der Waals surface area contributed by atoms with Crippen molar-refractivity contribution in [1.82, 2.24) is 4.90 Å². The van der Waals surface area contributed by atoms with Gasteiger partial charge < -0.3 is 9.47 Å². The second-order valence-electron chi connectivity index (χ2n) is 6.33. The Hall–Kier alpha value is -1.28. The lowest BCUT2D eigenvalue weighted by Gasteiger charge is -2.26. The third-order valence-corrected chi connectivity index (χ3v) is 4.09. The molecule has 1 aromatic rings. The molecule has 3 nitrogen and oxygen atoms in total. The molecule has 1 aliphatic heterocycles. The number of hydrogen-bond donors (Lipinski definition) is 0. The van der Waals surface area contributed by atoms with Gasteiger partial charge in [0.2, 0.25) is 0 Å². The Bertz CT molecular complexity index is 490. The highest BCUT2D eigenvalue weighted by Crippen LogP contribution is 2.12. The molecule has 1 heterocycles. The number of nitrogens with zero attached hydrogens (tertiary/aromatic N) is 1. The van der Waals surface area contributed by atoms with Crippen molar-refractivity contribution in [3.63, 3.8) is 0 Å². The van der Waals surface area contributed by atoms with Crippen molar-refractivity contribution in [2.45, 2.75) is 19.6 Å². The van der Waals surface area contributed by atoms with Gasteiger partial charge in [-0.25, -0.2) is 0 Å². The van der Waals surface area contributed by atoms with Gasteiger partial charge in [0.1, 0.15) is 20.4 Å². The minimum absolute atomic E-state index is 0.722. The predicted octanol–water partition coefficient (Wildman–Crippen LogP) is 2.63. The average Bonchev–Trinajstić information content (AvgIpc) is 2.47. The summed E-state index contributed by atoms with van der Waals surface area (Å²) >= 11 is 0. The minimum atomic E-state index is -1.30. The molecule has 114 valence electrons. The topological polar surface area (TPSA) is 21.7 Å². The molecule has 0 atom stereocenters. The summed E-state index contributed by atoms with van der Waals surface area (Å²) in [6.07, 6.45) is 0. The highest BCUT2D eigenvalue weighted by molar-refractivity contribution is 6.83. The maximum absolute atomic E-state index is 5.79. The van der Waals surface area contributed by atoms with Crippen molar-refractivity contribution in [1.29, 1.82) is 0 Å². The van der Waals surface area contributed by atoms with Crippen LogP contribution in [0.4, 0.5) is 0 Å². The van der Waals surface area contributed by atoms with Gasteiger partial charge in [-0.05, 0) is 24.3 Å². The molecule has 0 amide bonds. The largest absolute Gasteiger partial charge is 0.492 e. The summed E-state index contributed by atoms with van der Waals surface area (Å²) in [6.45, 7) is 12.1. The molecular formula is C17H25NO2Si. The van der Waals surface area contributed by atoms with E-state index in [-0.39, 0.29) is 0 Å². The summed E-state index contributed by atoms with van der Waals surface area (Å²) in [4.78, 5) is 2.37. The summed E-state index contributed by atoms with van der Waals surface area (Å²) in [5.74, 6) is 4.17. The summed E-state index contributed by atoms with van der Waals surface area (Å²) in [6, 6.07) is 8.09. The fraction of sp³-hybridized carbons (Fsp3) is 0.529. The molecule has 0 N–H and O–H groups in total. The van der Waals surface area contributed by atoms with Gasteiger partial charge in [-0.15, -0.1) is 5.54 Å². The zero-order valence-corrected chi connectivity index (χ0v) is 14.3. The zero-order chi connectivity index (χ0) is 15.1. The van der Waals surface area contributed by atoms with Crippen molar-refractivity contribution >= 4 is 8.07 Å². The SMILES string of the molecule is C[Si](C)(C)C#Cc1ccc(OCCN2CCOCC2)cc1. The van der Waals surface area contributed by atoms with Crippen LogP contribution >= 0.6 is 0 Å². The highest BCUT2D eigenvalue weighted by atomic mass is 28.3. The second-order valence-corrected chi connectivity index (χ2v) is 11.1. The van der Waals surface area contributed by atoms with Crippen LogP contribution in [0.25, 0.3) is 0 Å². The molecule has 4 heteroatoms. The maximum atomic E-state index is 5.79. The second kappa shape index (κ2) is 7.65. The first-order chi connectivity index (χ1) is 10.0. The molecule has 0 aliphatic carbocycles. The standard InChI is InChI=1S/C17H25NO2Si/c1-21(2,3)15-8-16-4-6-17(7-5-16)20-14-11-18-9-12-19-13-10-18/h4-7H,9-14H2,1-3H3. The van der Waals surface area contributed by atoms with Crippen molar-refractivity contribution < 1.29 is 9.47 Å². The number of morpholine rings is 1. The van der Waals surface area contributed by atoms with Crippen LogP contribution in [0.1, 0.15) is 5.56 Å². The van der Waals surface area contributed by atoms with E-state index in [4.69, 9.17) is 9.47 Å². The highest BCUT2D eigenvalue weighted by Gasteiger charge is 2.09. The minimum Gasteiger partial charge on any atom is -0.492 e. The summed E-state index contributed by atoms with van der Waals surface area (Å²) in [5.41, 5.74) is 4.44. The molecule has 1 aromatic carbocycles. The van der Waals surface area contributed by atoms with Crippen LogP contribution < -0.4 is 4.74 Å². The third kappa shape index (κ3) is 6.34. The summed E-state index contributed by atoms with van der Waals surface area (Å²) in [5, 5.41) is 0. The molecule has 1 aliphatic rings. The lowest BCUT2D eigenvalue weighted by atomic mass is 10.2. The lowest BCUT2D eigenvalue weighted by molar-refractivity contribution is 0.0322. The van der Waals surface area contributed by atoms with E-state index in [0.29, 0.717) is 0 Å². The van der Waals surface area contributed by atoms with Crippen LogP contribution in [0.3, 0.4) is 0 Å². The predicted molar refractivity (Wildman–Crippen MR) is 89.4 cm³/mol. The number of rotatable bonds is 4. The lowest BCUT2D eigenvalue weighted by Crippen LogP contribution is -2.38. The Morgan fingerprint density at radius 2 is 1.81 bits per heavy atom. The Balaban J connectivity index is 1.77. The Kier molecular flexibility index (Phi) is 5.86. The molecule has 0 aromatic heterocycles. The average molecular weight is 303 g/mol. The van der Waals surface area contributed by atoms with Crippen LogP contribution in [0.5, 0.6) is 5.75 Å². The molecule has 0 spiro atoms. The molecule has 1 fully saturated rings. The van der Waals surface area contributed by atoms with Crippen molar-refractivity contribution in [2.24, 2.45) is 0 Å². The normalized spacial score (nSPS) is 16.1. The third-order valence-electron chi connectivity index (χ3n) is 3.22. The zero-order valence-electron chi connectivity index (χ0n) is 13.3. The van der Waals surface area contributed by atoms with E-state index >= 15 is 0 Å². The van der Waals surface area contributed by atoms with Crippen LogP contribution in [0.2, 0.25) is 19.6 Å². The number of benzene rings is 1. The fourth-order valence-corrected chi connectivity index (χ4v) is 2.53. The van der Waals surface area contributed by atoms with Gasteiger partial charge in [0.05, 0.1) is 13.2 Å². The molecule has 1 saturated heterocycles. The molecule has 21 heavy (non-hydrogen) atoms. The van der Waals surface area contributed by atoms with E-state index in [9.17, 15) is 0 Å². The summed E-state index contributed by atoms with van der Waals surface area (Å²) < 4.78 is 11.1. The molecule has 0 bridgehead atoms. The molecule has 0 radical (unpaired) electrons. The fourth-order valence-electron chi connectivity index (χ4n) is 2.01. The Morgan fingerprint density at radius 3 is 2.43 bits per heavy atom. The van der Waals surface area contributed by atoms with E-state index in [1.807, 2.05) is 24.3 Å². The van der Waals surface area contributed by atoms with Crippen LogP contribution in [0.15, 0.2) is 24.3 Å². The van der Waals surface area contributed by atoms with Crippen molar-refractivity contribution in [2.75, 3.05) is 39.5 Å². The first kappa shape index (κ1) is 16.1. The van der Waals surface area contributed by atoms with Crippen molar-refractivity contribution in [3.8, 4) is 17.2 Å². The Labute approximate surface area is 129 Å². The monoisotopic (exact) mass is 303 g/mol. The quantitative estimate of drug-likeness (QED) is 0.630. The molecular weight excluding hydrogens is 278 g/mol. The smallest absolute Gasteiger partial charge is 0.129 e. The van der Waals surface area contributed by atoms with Crippen LogP contribution in [-0.4, -0.2) is 52.4 Å². The van der Waals surface area contributed by atoms with E-state index in [0.717, 1.165) is 50.8 Å². The number of ether oxygens (including phenoxy) is 2. The first-order valence-electron chi connectivity index (χ1n) is 7.59. The first-order valence-corrected chi connectivity index (χ1v) is 11.1. The van der Waals surface area contributed by atoms with Crippen molar-refractivity contribution in [3.05, 3.63) is 29.8 Å². The van der Waals surface area contributed by atoms with Gasteiger partial charge in [-0.2, -0.15) is 0 Å². The van der Waals surface area contributed by atoms with Crippen LogP contribution in [-0.2, 0) is 4.74 Å². The van der Waals surface area contributed by atoms with E-state index < -0.39 is 8.07 Å². The van der Waals surface area contributed by atoms with E-state index in [1.165, 1.54) is 0 Å². The molecule has 0 unspecified atom stereocenters. The van der Waals surface area contributed by atoms with E-state index in [2.05, 4.69) is 36.0 Å². The maximum Gasteiger partial charge on any atom is 0.129 e. The van der Waals surface area contributed by atoms with Gasteiger partial charge in [-0.3, -0.25) is 4.90 Å². The van der Waals surface area contributed by atoms with Gasteiger partial charge in [0, 0.05) is 25.2 Å². The van der Waals surface area contributed by atoms with Gasteiger partial charge in [0.15, 0.2) is 0 Å². The molecule has 2 rings (SSSR count). The van der Waals surface area contributed by atoms with Gasteiger partial charge in [-0.1, -0.05) is 25.6 Å². The Morgan fingerprint density at radius 1 is 1.14 bits per heavy atom. The summed E-state index contributed by atoms with van der Waals surface area (Å²) in [7, 11) is -1.30. The number of hydrogen-bond acceptors (Lipinski definition) is 3. The van der Waals surface area contributed by atoms with E-state index in [1.54, 1.807) is 0 Å². The van der Waals surface area contributed by atoms with Crippen LogP contribution in [0, 0.1) is 11.5 Å². The molecule has 0 saturated carbocycles. The van der Waals surface area contributed by atoms with Gasteiger partial charge >= 0.3 is 0 Å². The van der Waals surface area contributed by atoms with Gasteiger partial charge in [0.25, 0.3) is 0 Å².